The van der Waals surface area contributed by atoms with Crippen LogP contribution >= 0.6 is 0 Å². The number of nitrogens with one attached hydrogen (secondary N) is 1. The molecule has 0 aliphatic carbocycles. The zero-order valence-electron chi connectivity index (χ0n) is 10.5. The molecule has 1 unspecified atom stereocenters. The van der Waals surface area contributed by atoms with Gasteiger partial charge in [-0.05, 0) is 37.6 Å². The highest BCUT2D eigenvalue weighted by Crippen LogP contribution is 2.27. The molecule has 1 fully saturated rings. The van der Waals surface area contributed by atoms with Crippen molar-refractivity contribution in [1.29, 1.82) is 0 Å². The predicted octanol–water partition coefficient (Wildman–Crippen LogP) is 2.31. The lowest BCUT2D eigenvalue weighted by Gasteiger charge is -2.03. The van der Waals surface area contributed by atoms with Crippen LogP contribution in [0, 0.1) is 5.82 Å². The molecule has 1 aromatic carbocycles. The fourth-order valence-corrected chi connectivity index (χ4v) is 2.19. The largest absolute Gasteiger partial charge is 0.494 e. The average Bonchev–Trinajstić information content (AvgIpc) is 3.10. The Morgan fingerprint density at radius 1 is 1.47 bits per heavy atom. The second kappa shape index (κ2) is 4.97. The van der Waals surface area contributed by atoms with Gasteiger partial charge in [0.15, 0.2) is 11.6 Å². The molecule has 19 heavy (non-hydrogen) atoms. The topological polar surface area (TPSA) is 60.2 Å². The van der Waals surface area contributed by atoms with Crippen LogP contribution in [-0.2, 0) is 0 Å². The monoisotopic (exact) mass is 263 g/mol. The first-order valence-corrected chi connectivity index (χ1v) is 6.19. The number of hydrogen-bond acceptors (Lipinski definition) is 5. The van der Waals surface area contributed by atoms with Crippen LogP contribution < -0.4 is 10.1 Å². The molecule has 100 valence electrons. The molecule has 3 rings (SSSR count). The molecule has 1 aliphatic rings. The van der Waals surface area contributed by atoms with Crippen molar-refractivity contribution in [2.24, 2.45) is 0 Å². The first-order chi connectivity index (χ1) is 9.28. The van der Waals surface area contributed by atoms with Gasteiger partial charge in [0.05, 0.1) is 13.2 Å². The minimum atomic E-state index is -0.410. The van der Waals surface area contributed by atoms with Crippen molar-refractivity contribution in [1.82, 2.24) is 15.5 Å². The fraction of sp³-hybridized carbons (Fsp3) is 0.385. The Bertz CT molecular complexity index is 579. The molecule has 0 amide bonds. The summed E-state index contributed by atoms with van der Waals surface area (Å²) in [7, 11) is 1.42. The predicted molar refractivity (Wildman–Crippen MR) is 66.2 cm³/mol. The first kappa shape index (κ1) is 12.1. The number of rotatable bonds is 3. The summed E-state index contributed by atoms with van der Waals surface area (Å²) in [6.07, 6.45) is 2.10. The molecular formula is C13H14FN3O2. The van der Waals surface area contributed by atoms with Gasteiger partial charge in [0.25, 0.3) is 0 Å². The number of ether oxygens (including phenoxy) is 1. The molecule has 0 bridgehead atoms. The van der Waals surface area contributed by atoms with Crippen LogP contribution in [0.25, 0.3) is 11.4 Å². The van der Waals surface area contributed by atoms with E-state index >= 15 is 0 Å². The van der Waals surface area contributed by atoms with Crippen molar-refractivity contribution in [3.8, 4) is 17.1 Å². The molecule has 2 aromatic rings. The van der Waals surface area contributed by atoms with E-state index in [0.29, 0.717) is 17.3 Å². The van der Waals surface area contributed by atoms with E-state index < -0.39 is 5.82 Å². The molecular weight excluding hydrogens is 249 g/mol. The van der Waals surface area contributed by atoms with E-state index in [1.807, 2.05) is 0 Å². The van der Waals surface area contributed by atoms with Gasteiger partial charge in [-0.2, -0.15) is 4.98 Å². The maximum Gasteiger partial charge on any atom is 0.244 e. The van der Waals surface area contributed by atoms with Crippen LogP contribution in [0.4, 0.5) is 4.39 Å². The third-order valence-electron chi connectivity index (χ3n) is 3.21. The number of hydrogen-bond donors (Lipinski definition) is 1. The maximum atomic E-state index is 13.3. The quantitative estimate of drug-likeness (QED) is 0.920. The molecule has 1 atom stereocenters. The smallest absolute Gasteiger partial charge is 0.244 e. The SMILES string of the molecule is COc1cc(-c2noc(C3CCCN3)n2)ccc1F. The summed E-state index contributed by atoms with van der Waals surface area (Å²) >= 11 is 0. The highest BCUT2D eigenvalue weighted by atomic mass is 19.1. The third kappa shape index (κ3) is 2.31. The van der Waals surface area contributed by atoms with Crippen LogP contribution in [0.1, 0.15) is 24.8 Å². The molecule has 5 nitrogen and oxygen atoms in total. The lowest BCUT2D eigenvalue weighted by molar-refractivity contribution is 0.345. The van der Waals surface area contributed by atoms with E-state index in [9.17, 15) is 4.39 Å². The van der Waals surface area contributed by atoms with Gasteiger partial charge >= 0.3 is 0 Å². The minimum absolute atomic E-state index is 0.128. The van der Waals surface area contributed by atoms with Gasteiger partial charge in [0, 0.05) is 5.56 Å². The Balaban J connectivity index is 1.89. The third-order valence-corrected chi connectivity index (χ3v) is 3.21. The van der Waals surface area contributed by atoms with Crippen LogP contribution in [0.15, 0.2) is 22.7 Å². The normalized spacial score (nSPS) is 18.7. The maximum absolute atomic E-state index is 13.3. The summed E-state index contributed by atoms with van der Waals surface area (Å²) in [6, 6.07) is 4.63. The van der Waals surface area contributed by atoms with Crippen LogP contribution in [-0.4, -0.2) is 23.8 Å². The Morgan fingerprint density at radius 3 is 3.11 bits per heavy atom. The molecule has 0 spiro atoms. The molecule has 2 heterocycles. The van der Waals surface area contributed by atoms with Gasteiger partial charge in [-0.15, -0.1) is 0 Å². The Labute approximate surface area is 109 Å². The van der Waals surface area contributed by atoms with E-state index in [0.717, 1.165) is 19.4 Å². The Morgan fingerprint density at radius 2 is 2.37 bits per heavy atom. The molecule has 6 heteroatoms. The van der Waals surface area contributed by atoms with Gasteiger partial charge in [-0.25, -0.2) is 4.39 Å². The van der Waals surface area contributed by atoms with E-state index in [1.165, 1.54) is 13.2 Å². The van der Waals surface area contributed by atoms with Gasteiger partial charge in [0.1, 0.15) is 0 Å². The van der Waals surface area contributed by atoms with Gasteiger partial charge < -0.3 is 14.6 Å². The molecule has 0 radical (unpaired) electrons. The Hall–Kier alpha value is -1.95. The van der Waals surface area contributed by atoms with E-state index in [1.54, 1.807) is 12.1 Å². The van der Waals surface area contributed by atoms with E-state index in [-0.39, 0.29) is 11.8 Å². The first-order valence-electron chi connectivity index (χ1n) is 6.19. The van der Waals surface area contributed by atoms with Crippen molar-refractivity contribution in [3.63, 3.8) is 0 Å². The summed E-state index contributed by atoms with van der Waals surface area (Å²) in [4.78, 5) is 4.35. The minimum Gasteiger partial charge on any atom is -0.494 e. The van der Waals surface area contributed by atoms with Crippen molar-refractivity contribution < 1.29 is 13.7 Å². The zero-order chi connectivity index (χ0) is 13.2. The van der Waals surface area contributed by atoms with Crippen molar-refractivity contribution in [2.75, 3.05) is 13.7 Å². The molecule has 1 saturated heterocycles. The van der Waals surface area contributed by atoms with Gasteiger partial charge in [0.2, 0.25) is 11.7 Å². The molecule has 0 saturated carbocycles. The number of aromatic nitrogens is 2. The number of benzene rings is 1. The van der Waals surface area contributed by atoms with Crippen molar-refractivity contribution in [2.45, 2.75) is 18.9 Å². The highest BCUT2D eigenvalue weighted by molar-refractivity contribution is 5.57. The number of halogens is 1. The fourth-order valence-electron chi connectivity index (χ4n) is 2.19. The van der Waals surface area contributed by atoms with Crippen molar-refractivity contribution >= 4 is 0 Å². The molecule has 1 aliphatic heterocycles. The van der Waals surface area contributed by atoms with E-state index in [2.05, 4.69) is 15.5 Å². The summed E-state index contributed by atoms with van der Waals surface area (Å²) in [6.45, 7) is 0.965. The average molecular weight is 263 g/mol. The summed E-state index contributed by atoms with van der Waals surface area (Å²) in [5.41, 5.74) is 0.672. The second-order valence-corrected chi connectivity index (χ2v) is 4.45. The molecule has 1 N–H and O–H groups in total. The van der Waals surface area contributed by atoms with Crippen LogP contribution in [0.2, 0.25) is 0 Å². The van der Waals surface area contributed by atoms with Gasteiger partial charge in [-0.3, -0.25) is 0 Å². The van der Waals surface area contributed by atoms with E-state index in [4.69, 9.17) is 9.26 Å². The van der Waals surface area contributed by atoms with Crippen molar-refractivity contribution in [3.05, 3.63) is 29.9 Å². The summed E-state index contributed by atoms with van der Waals surface area (Å²) < 4.78 is 23.5. The number of methoxy groups -OCH3 is 1. The summed E-state index contributed by atoms with van der Waals surface area (Å²) in [5, 5.41) is 7.22. The van der Waals surface area contributed by atoms with Crippen LogP contribution in [0.5, 0.6) is 5.75 Å². The summed E-state index contributed by atoms with van der Waals surface area (Å²) in [5.74, 6) is 0.785. The standard InChI is InChI=1S/C13H14FN3O2/c1-18-11-7-8(4-5-9(11)14)12-16-13(19-17-12)10-3-2-6-15-10/h4-5,7,10,15H,2-3,6H2,1H3. The van der Waals surface area contributed by atoms with Crippen LogP contribution in [0.3, 0.4) is 0 Å². The molecule has 1 aromatic heterocycles. The zero-order valence-corrected chi connectivity index (χ0v) is 10.5. The Kier molecular flexibility index (Phi) is 3.16. The second-order valence-electron chi connectivity index (χ2n) is 4.45. The lowest BCUT2D eigenvalue weighted by Crippen LogP contribution is -2.12. The highest BCUT2D eigenvalue weighted by Gasteiger charge is 2.22. The van der Waals surface area contributed by atoms with Gasteiger partial charge in [-0.1, -0.05) is 5.16 Å². The lowest BCUT2D eigenvalue weighted by atomic mass is 10.2. The number of nitrogens with zero attached hydrogens (tertiary/aromatic N) is 2.